The van der Waals surface area contributed by atoms with Gasteiger partial charge < -0.3 is 15.2 Å². The van der Waals surface area contributed by atoms with Gasteiger partial charge in [-0.2, -0.15) is 4.52 Å². The number of anilines is 2. The number of rotatable bonds is 5. The van der Waals surface area contributed by atoms with Crippen LogP contribution in [0.2, 0.25) is 0 Å². The highest BCUT2D eigenvalue weighted by atomic mass is 32.1. The maximum Gasteiger partial charge on any atom is 0.325 e. The van der Waals surface area contributed by atoms with E-state index in [4.69, 9.17) is 4.74 Å². The number of nitrogens with zero attached hydrogens (tertiary/aromatic N) is 4. The first-order valence-electron chi connectivity index (χ1n) is 8.32. The second-order valence-corrected chi connectivity index (χ2v) is 6.82. The normalized spacial score (nSPS) is 10.8. The van der Waals surface area contributed by atoms with Crippen LogP contribution in [0.5, 0.6) is 11.5 Å². The summed E-state index contributed by atoms with van der Waals surface area (Å²) in [4.78, 5) is 12.8. The van der Waals surface area contributed by atoms with Crippen molar-refractivity contribution in [2.24, 2.45) is 0 Å². The van der Waals surface area contributed by atoms with E-state index in [1.807, 2.05) is 12.1 Å². The summed E-state index contributed by atoms with van der Waals surface area (Å²) in [5.74, 6) is 1.56. The fraction of sp³-hybridized carbons (Fsp3) is 0.111. The number of carbonyl (C=O) groups is 1. The Morgan fingerprint density at radius 1 is 1.11 bits per heavy atom. The van der Waals surface area contributed by atoms with Crippen LogP contribution in [-0.2, 0) is 6.42 Å². The van der Waals surface area contributed by atoms with Gasteiger partial charge in [-0.1, -0.05) is 23.5 Å². The Hall–Kier alpha value is -3.66. The molecule has 4 aromatic rings. The molecule has 0 aliphatic rings. The molecule has 9 nitrogen and oxygen atoms in total. The molecule has 10 heteroatoms. The average molecular weight is 396 g/mol. The predicted octanol–water partition coefficient (Wildman–Crippen LogP) is 3.13. The van der Waals surface area contributed by atoms with Gasteiger partial charge in [-0.25, -0.2) is 4.79 Å². The van der Waals surface area contributed by atoms with Crippen molar-refractivity contribution in [3.05, 3.63) is 59.9 Å². The largest absolute Gasteiger partial charge is 0.508 e. The molecule has 2 amide bonds. The maximum atomic E-state index is 12.2. The van der Waals surface area contributed by atoms with Gasteiger partial charge in [0.15, 0.2) is 5.82 Å². The van der Waals surface area contributed by atoms with Crippen molar-refractivity contribution in [2.45, 2.75) is 6.42 Å². The van der Waals surface area contributed by atoms with E-state index in [9.17, 15) is 9.90 Å². The van der Waals surface area contributed by atoms with Crippen molar-refractivity contribution >= 4 is 33.1 Å². The molecular formula is C18H16N6O3S. The van der Waals surface area contributed by atoms with E-state index in [1.165, 1.54) is 11.3 Å². The summed E-state index contributed by atoms with van der Waals surface area (Å²) in [6.07, 6.45) is 0.503. The number of urea groups is 1. The molecule has 142 valence electrons. The number of phenols is 1. The summed E-state index contributed by atoms with van der Waals surface area (Å²) >= 11 is 1.22. The minimum absolute atomic E-state index is 0.207. The van der Waals surface area contributed by atoms with Crippen molar-refractivity contribution in [2.75, 3.05) is 17.7 Å². The fourth-order valence-electron chi connectivity index (χ4n) is 2.55. The van der Waals surface area contributed by atoms with E-state index < -0.39 is 6.03 Å². The SMILES string of the molecule is COc1ccc(NC(=O)Nc2nn3c(Cc4ccc(O)cc4)nnc3s2)cc1. The van der Waals surface area contributed by atoms with Crippen molar-refractivity contribution in [3.8, 4) is 11.5 Å². The van der Waals surface area contributed by atoms with Crippen molar-refractivity contribution < 1.29 is 14.6 Å². The smallest absolute Gasteiger partial charge is 0.325 e. The van der Waals surface area contributed by atoms with Gasteiger partial charge in [-0.05, 0) is 42.0 Å². The van der Waals surface area contributed by atoms with Crippen LogP contribution in [-0.4, -0.2) is 38.1 Å². The first-order chi connectivity index (χ1) is 13.6. The molecule has 2 aromatic heterocycles. The number of amides is 2. The van der Waals surface area contributed by atoms with Crippen molar-refractivity contribution in [1.82, 2.24) is 19.8 Å². The van der Waals surface area contributed by atoms with Gasteiger partial charge in [0.2, 0.25) is 10.1 Å². The van der Waals surface area contributed by atoms with Crippen LogP contribution in [0.4, 0.5) is 15.6 Å². The van der Waals surface area contributed by atoms with E-state index in [2.05, 4.69) is 25.9 Å². The molecule has 0 fully saturated rings. The number of hydrogen-bond acceptors (Lipinski definition) is 7. The quantitative estimate of drug-likeness (QED) is 0.478. The summed E-state index contributed by atoms with van der Waals surface area (Å²) < 4.78 is 6.69. The van der Waals surface area contributed by atoms with Crippen LogP contribution >= 0.6 is 11.3 Å². The van der Waals surface area contributed by atoms with Gasteiger partial charge in [0.1, 0.15) is 11.5 Å². The third-order valence-corrected chi connectivity index (χ3v) is 4.74. The minimum Gasteiger partial charge on any atom is -0.508 e. The number of hydrogen-bond donors (Lipinski definition) is 3. The van der Waals surface area contributed by atoms with Gasteiger partial charge in [0.25, 0.3) is 0 Å². The zero-order chi connectivity index (χ0) is 19.5. The number of aromatic nitrogens is 4. The Labute approximate surface area is 163 Å². The zero-order valence-electron chi connectivity index (χ0n) is 14.8. The molecule has 3 N–H and O–H groups in total. The summed E-state index contributed by atoms with van der Waals surface area (Å²) in [7, 11) is 1.58. The van der Waals surface area contributed by atoms with E-state index in [0.717, 1.165) is 5.56 Å². The number of methoxy groups -OCH3 is 1. The van der Waals surface area contributed by atoms with Gasteiger partial charge >= 0.3 is 6.03 Å². The Kier molecular flexibility index (Phi) is 4.77. The molecule has 0 saturated heterocycles. The highest BCUT2D eigenvalue weighted by Gasteiger charge is 2.14. The van der Waals surface area contributed by atoms with Crippen molar-refractivity contribution in [1.29, 1.82) is 0 Å². The standard InChI is InChI=1S/C18H16N6O3S/c1-27-14-8-4-12(5-9-14)19-16(26)20-17-23-24-15(21-22-18(24)28-17)10-11-2-6-13(25)7-3-11/h2-9,25H,10H2,1H3,(H2,19,20,23,26). The third kappa shape index (κ3) is 3.86. The number of fused-ring (bicyclic) bond motifs is 1. The van der Waals surface area contributed by atoms with E-state index >= 15 is 0 Å². The third-order valence-electron chi connectivity index (χ3n) is 3.92. The molecule has 2 heterocycles. The summed E-state index contributed by atoms with van der Waals surface area (Å²) in [5, 5.41) is 27.8. The summed E-state index contributed by atoms with van der Waals surface area (Å²) in [5.41, 5.74) is 1.60. The van der Waals surface area contributed by atoms with Crippen molar-refractivity contribution in [3.63, 3.8) is 0 Å². The van der Waals surface area contributed by atoms with Crippen LogP contribution in [0.25, 0.3) is 4.96 Å². The first kappa shape index (κ1) is 17.7. The lowest BCUT2D eigenvalue weighted by Gasteiger charge is -2.06. The molecule has 0 radical (unpaired) electrons. The predicted molar refractivity (Wildman–Crippen MR) is 105 cm³/mol. The molecule has 4 rings (SSSR count). The first-order valence-corrected chi connectivity index (χ1v) is 9.13. The lowest BCUT2D eigenvalue weighted by molar-refractivity contribution is 0.262. The van der Waals surface area contributed by atoms with E-state index in [1.54, 1.807) is 48.0 Å². The van der Waals surface area contributed by atoms with E-state index in [0.29, 0.717) is 33.8 Å². The molecule has 0 unspecified atom stereocenters. The lowest BCUT2D eigenvalue weighted by atomic mass is 10.1. The molecule has 0 aliphatic carbocycles. The highest BCUT2D eigenvalue weighted by Crippen LogP contribution is 2.21. The number of phenolic OH excluding ortho intramolecular Hbond substituents is 1. The Bertz CT molecular complexity index is 1100. The second-order valence-electron chi connectivity index (χ2n) is 5.87. The summed E-state index contributed by atoms with van der Waals surface area (Å²) in [6.45, 7) is 0. The molecular weight excluding hydrogens is 380 g/mol. The Balaban J connectivity index is 1.44. The highest BCUT2D eigenvalue weighted by molar-refractivity contribution is 7.20. The molecule has 0 atom stereocenters. The molecule has 0 spiro atoms. The maximum absolute atomic E-state index is 12.2. The molecule has 28 heavy (non-hydrogen) atoms. The van der Waals surface area contributed by atoms with Crippen LogP contribution < -0.4 is 15.4 Å². The van der Waals surface area contributed by atoms with Gasteiger partial charge in [0, 0.05) is 12.1 Å². The molecule has 0 saturated carbocycles. The van der Waals surface area contributed by atoms with Gasteiger partial charge in [-0.15, -0.1) is 15.3 Å². The number of ether oxygens (including phenoxy) is 1. The number of aromatic hydroxyl groups is 1. The summed E-state index contributed by atoms with van der Waals surface area (Å²) in [6, 6.07) is 13.4. The van der Waals surface area contributed by atoms with Gasteiger partial charge in [-0.3, -0.25) is 5.32 Å². The van der Waals surface area contributed by atoms with Crippen LogP contribution in [0.1, 0.15) is 11.4 Å². The number of carbonyl (C=O) groups excluding carboxylic acids is 1. The lowest BCUT2D eigenvalue weighted by Crippen LogP contribution is -2.19. The number of benzene rings is 2. The molecule has 0 aliphatic heterocycles. The van der Waals surface area contributed by atoms with E-state index in [-0.39, 0.29) is 5.75 Å². The van der Waals surface area contributed by atoms with Crippen LogP contribution in [0, 0.1) is 0 Å². The number of nitrogens with one attached hydrogen (secondary N) is 2. The monoisotopic (exact) mass is 396 g/mol. The van der Waals surface area contributed by atoms with Crippen LogP contribution in [0.3, 0.4) is 0 Å². The Morgan fingerprint density at radius 2 is 1.86 bits per heavy atom. The molecule has 0 bridgehead atoms. The Morgan fingerprint density at radius 3 is 2.57 bits per heavy atom. The van der Waals surface area contributed by atoms with Crippen LogP contribution in [0.15, 0.2) is 48.5 Å². The second kappa shape index (κ2) is 7.53. The van der Waals surface area contributed by atoms with Gasteiger partial charge in [0.05, 0.1) is 7.11 Å². The topological polar surface area (TPSA) is 114 Å². The zero-order valence-corrected chi connectivity index (χ0v) is 15.6. The average Bonchev–Trinajstić information content (AvgIpc) is 3.25. The molecule has 2 aromatic carbocycles. The fourth-order valence-corrected chi connectivity index (χ4v) is 3.30. The minimum atomic E-state index is -0.407.